The Balaban J connectivity index is 1.49. The first-order valence-electron chi connectivity index (χ1n) is 7.58. The molecule has 2 aromatic heterocycles. The summed E-state index contributed by atoms with van der Waals surface area (Å²) < 4.78 is 2.19. The van der Waals surface area contributed by atoms with Gasteiger partial charge in [0.2, 0.25) is 0 Å². The Morgan fingerprint density at radius 3 is 2.81 bits per heavy atom. The van der Waals surface area contributed by atoms with E-state index in [1.807, 2.05) is 12.3 Å². The fourth-order valence-corrected chi connectivity index (χ4v) is 3.30. The monoisotopic (exact) mass is 277 g/mol. The lowest BCUT2D eigenvalue weighted by Crippen LogP contribution is -2.20. The number of benzene rings is 1. The maximum Gasteiger partial charge on any atom is 0.136 e. The van der Waals surface area contributed by atoms with Gasteiger partial charge in [0.25, 0.3) is 0 Å². The van der Waals surface area contributed by atoms with E-state index in [4.69, 9.17) is 0 Å². The molecular weight excluding hydrogens is 258 g/mol. The maximum atomic E-state index is 4.47. The van der Waals surface area contributed by atoms with Crippen molar-refractivity contribution in [2.45, 2.75) is 18.9 Å². The molecule has 3 nitrogen and oxygen atoms in total. The molecule has 1 aliphatic heterocycles. The number of nitrogens with zero attached hydrogens (tertiary/aromatic N) is 3. The Kier molecular flexibility index (Phi) is 3.20. The minimum atomic E-state index is 0.672. The van der Waals surface area contributed by atoms with Crippen LogP contribution in [-0.2, 0) is 6.54 Å². The molecular formula is C18H19N3. The minimum absolute atomic E-state index is 0.672. The molecule has 0 radical (unpaired) electrons. The third-order valence-electron chi connectivity index (χ3n) is 4.42. The fourth-order valence-electron chi connectivity index (χ4n) is 3.30. The molecule has 1 atom stereocenters. The highest BCUT2D eigenvalue weighted by atomic mass is 15.2. The van der Waals surface area contributed by atoms with Crippen molar-refractivity contribution in [2.24, 2.45) is 0 Å². The largest absolute Gasteiger partial charge is 0.303 e. The SMILES string of the molecule is c1ccc(C2CCN(Cc3cnc4ccccn34)C2)cc1. The summed E-state index contributed by atoms with van der Waals surface area (Å²) in [6.07, 6.45) is 5.36. The molecule has 0 bridgehead atoms. The maximum absolute atomic E-state index is 4.47. The summed E-state index contributed by atoms with van der Waals surface area (Å²) in [4.78, 5) is 7.01. The van der Waals surface area contributed by atoms with E-state index in [1.165, 1.54) is 24.2 Å². The summed E-state index contributed by atoms with van der Waals surface area (Å²) in [6, 6.07) is 17.0. The molecule has 0 aliphatic carbocycles. The first-order chi connectivity index (χ1) is 10.4. The average Bonchev–Trinajstić information content (AvgIpc) is 3.17. The minimum Gasteiger partial charge on any atom is -0.303 e. The standard InChI is InChI=1S/C18H19N3/c1-2-6-15(7-3-1)16-9-11-20(13-16)14-17-12-19-18-8-4-5-10-21(17)18/h1-8,10,12,16H,9,11,13-14H2. The Hall–Kier alpha value is -2.13. The third-order valence-corrected chi connectivity index (χ3v) is 4.42. The molecule has 0 amide bonds. The van der Waals surface area contributed by atoms with Crippen LogP contribution in [0, 0.1) is 0 Å². The highest BCUT2D eigenvalue weighted by Gasteiger charge is 2.24. The number of hydrogen-bond acceptors (Lipinski definition) is 2. The van der Waals surface area contributed by atoms with Gasteiger partial charge in [-0.2, -0.15) is 0 Å². The molecule has 1 fully saturated rings. The van der Waals surface area contributed by atoms with Gasteiger partial charge < -0.3 is 4.40 Å². The van der Waals surface area contributed by atoms with Crippen LogP contribution in [0.15, 0.2) is 60.9 Å². The van der Waals surface area contributed by atoms with Gasteiger partial charge in [-0.15, -0.1) is 0 Å². The number of pyridine rings is 1. The van der Waals surface area contributed by atoms with Crippen molar-refractivity contribution in [1.82, 2.24) is 14.3 Å². The second-order valence-electron chi connectivity index (χ2n) is 5.81. The van der Waals surface area contributed by atoms with E-state index in [0.717, 1.165) is 18.7 Å². The van der Waals surface area contributed by atoms with Crippen LogP contribution >= 0.6 is 0 Å². The van der Waals surface area contributed by atoms with Gasteiger partial charge in [0, 0.05) is 19.3 Å². The zero-order chi connectivity index (χ0) is 14.1. The van der Waals surface area contributed by atoms with Gasteiger partial charge in [0.15, 0.2) is 0 Å². The van der Waals surface area contributed by atoms with Crippen molar-refractivity contribution in [3.63, 3.8) is 0 Å². The molecule has 0 spiro atoms. The van der Waals surface area contributed by atoms with E-state index in [0.29, 0.717) is 5.92 Å². The van der Waals surface area contributed by atoms with Crippen molar-refractivity contribution in [3.8, 4) is 0 Å². The Morgan fingerprint density at radius 1 is 1.05 bits per heavy atom. The van der Waals surface area contributed by atoms with E-state index in [2.05, 4.69) is 62.9 Å². The third kappa shape index (κ3) is 2.45. The summed E-state index contributed by atoms with van der Waals surface area (Å²) in [5.74, 6) is 0.672. The van der Waals surface area contributed by atoms with Gasteiger partial charge in [-0.25, -0.2) is 4.98 Å². The van der Waals surface area contributed by atoms with E-state index in [9.17, 15) is 0 Å². The number of imidazole rings is 1. The zero-order valence-corrected chi connectivity index (χ0v) is 12.0. The first kappa shape index (κ1) is 12.6. The number of likely N-dealkylation sites (tertiary alicyclic amines) is 1. The Labute approximate surface area is 124 Å². The molecule has 106 valence electrons. The molecule has 4 rings (SSSR count). The number of aromatic nitrogens is 2. The molecule has 0 saturated carbocycles. The molecule has 1 aliphatic rings. The lowest BCUT2D eigenvalue weighted by molar-refractivity contribution is 0.322. The molecule has 3 aromatic rings. The quantitative estimate of drug-likeness (QED) is 0.732. The molecule has 1 saturated heterocycles. The number of fused-ring (bicyclic) bond motifs is 1. The van der Waals surface area contributed by atoms with Gasteiger partial charge >= 0.3 is 0 Å². The number of hydrogen-bond donors (Lipinski definition) is 0. The molecule has 1 aromatic carbocycles. The normalized spacial score (nSPS) is 19.3. The van der Waals surface area contributed by atoms with Crippen molar-refractivity contribution in [3.05, 3.63) is 72.2 Å². The van der Waals surface area contributed by atoms with Crippen LogP contribution in [0.5, 0.6) is 0 Å². The molecule has 3 heterocycles. The van der Waals surface area contributed by atoms with E-state index < -0.39 is 0 Å². The van der Waals surface area contributed by atoms with Gasteiger partial charge in [-0.1, -0.05) is 36.4 Å². The Bertz CT molecular complexity index is 732. The molecule has 3 heteroatoms. The lowest BCUT2D eigenvalue weighted by atomic mass is 9.99. The average molecular weight is 277 g/mol. The van der Waals surface area contributed by atoms with Crippen LogP contribution in [0.2, 0.25) is 0 Å². The van der Waals surface area contributed by atoms with Crippen molar-refractivity contribution < 1.29 is 0 Å². The molecule has 0 N–H and O–H groups in total. The Morgan fingerprint density at radius 2 is 1.90 bits per heavy atom. The van der Waals surface area contributed by atoms with Crippen LogP contribution < -0.4 is 0 Å². The summed E-state index contributed by atoms with van der Waals surface area (Å²) in [5.41, 5.74) is 3.78. The van der Waals surface area contributed by atoms with Gasteiger partial charge in [-0.3, -0.25) is 4.90 Å². The number of rotatable bonds is 3. The van der Waals surface area contributed by atoms with Crippen molar-refractivity contribution >= 4 is 5.65 Å². The molecule has 21 heavy (non-hydrogen) atoms. The highest BCUT2D eigenvalue weighted by molar-refractivity contribution is 5.39. The van der Waals surface area contributed by atoms with Crippen LogP contribution in [0.3, 0.4) is 0 Å². The van der Waals surface area contributed by atoms with Gasteiger partial charge in [-0.05, 0) is 36.6 Å². The second-order valence-corrected chi connectivity index (χ2v) is 5.81. The zero-order valence-electron chi connectivity index (χ0n) is 12.0. The predicted octanol–water partition coefficient (Wildman–Crippen LogP) is 3.32. The van der Waals surface area contributed by atoms with E-state index in [-0.39, 0.29) is 0 Å². The van der Waals surface area contributed by atoms with Crippen LogP contribution in [0.1, 0.15) is 23.6 Å². The molecule has 1 unspecified atom stereocenters. The first-order valence-corrected chi connectivity index (χ1v) is 7.58. The summed E-state index contributed by atoms with van der Waals surface area (Å²) in [5, 5.41) is 0. The summed E-state index contributed by atoms with van der Waals surface area (Å²) >= 11 is 0. The predicted molar refractivity (Wildman–Crippen MR) is 84.3 cm³/mol. The van der Waals surface area contributed by atoms with E-state index in [1.54, 1.807) is 0 Å². The van der Waals surface area contributed by atoms with Crippen molar-refractivity contribution in [1.29, 1.82) is 0 Å². The topological polar surface area (TPSA) is 20.5 Å². The van der Waals surface area contributed by atoms with Crippen molar-refractivity contribution in [2.75, 3.05) is 13.1 Å². The fraction of sp³-hybridized carbons (Fsp3) is 0.278. The highest BCUT2D eigenvalue weighted by Crippen LogP contribution is 2.27. The van der Waals surface area contributed by atoms with Crippen LogP contribution in [0.25, 0.3) is 5.65 Å². The summed E-state index contributed by atoms with van der Waals surface area (Å²) in [7, 11) is 0. The van der Waals surface area contributed by atoms with Crippen LogP contribution in [0.4, 0.5) is 0 Å². The second kappa shape index (κ2) is 5.34. The van der Waals surface area contributed by atoms with E-state index >= 15 is 0 Å². The van der Waals surface area contributed by atoms with Gasteiger partial charge in [0.1, 0.15) is 5.65 Å². The lowest BCUT2D eigenvalue weighted by Gasteiger charge is -2.16. The summed E-state index contributed by atoms with van der Waals surface area (Å²) in [6.45, 7) is 3.29. The van der Waals surface area contributed by atoms with Crippen LogP contribution in [-0.4, -0.2) is 27.4 Å². The van der Waals surface area contributed by atoms with Gasteiger partial charge in [0.05, 0.1) is 11.9 Å². The smallest absolute Gasteiger partial charge is 0.136 e.